The number of ether oxygens (including phenoxy) is 1. The van der Waals surface area contributed by atoms with Crippen LogP contribution in [0.1, 0.15) is 46.0 Å². The van der Waals surface area contributed by atoms with Gasteiger partial charge in [-0.05, 0) is 43.9 Å². The number of nitrogens with one attached hydrogen (secondary N) is 1. The average molecular weight is 241 g/mol. The fraction of sp³-hybridized carbons (Fsp3) is 0.846. The third kappa shape index (κ3) is 6.29. The Kier molecular flexibility index (Phi) is 6.01. The molecule has 17 heavy (non-hydrogen) atoms. The van der Waals surface area contributed by atoms with Gasteiger partial charge < -0.3 is 10.1 Å². The molecule has 1 fully saturated rings. The summed E-state index contributed by atoms with van der Waals surface area (Å²) in [6.45, 7) is 4.37. The lowest BCUT2D eigenvalue weighted by Crippen LogP contribution is -2.29. The Morgan fingerprint density at radius 1 is 1.12 bits per heavy atom. The number of carbonyl (C=O) groups excluding carboxylic acids is 2. The van der Waals surface area contributed by atoms with Crippen molar-refractivity contribution in [2.45, 2.75) is 46.0 Å². The van der Waals surface area contributed by atoms with Gasteiger partial charge in [0.05, 0.1) is 6.61 Å². The molecule has 1 saturated carbocycles. The average Bonchev–Trinajstić information content (AvgIpc) is 2.27. The lowest BCUT2D eigenvalue weighted by atomic mass is 9.80. The molecule has 0 aromatic heterocycles. The summed E-state index contributed by atoms with van der Waals surface area (Å²) in [4.78, 5) is 21.4. The van der Waals surface area contributed by atoms with Crippen LogP contribution >= 0.6 is 0 Å². The summed E-state index contributed by atoms with van der Waals surface area (Å²) in [5.41, 5.74) is 0. The van der Waals surface area contributed by atoms with Crippen molar-refractivity contribution in [3.63, 3.8) is 0 Å². The molecule has 0 bridgehead atoms. The Morgan fingerprint density at radius 2 is 1.71 bits per heavy atom. The monoisotopic (exact) mass is 241 g/mol. The van der Waals surface area contributed by atoms with Gasteiger partial charge in [0, 0.05) is 20.4 Å². The van der Waals surface area contributed by atoms with E-state index in [1.807, 2.05) is 0 Å². The summed E-state index contributed by atoms with van der Waals surface area (Å²) in [7, 11) is 0. The number of hydrogen-bond acceptors (Lipinski definition) is 3. The first-order valence-corrected chi connectivity index (χ1v) is 6.45. The largest absolute Gasteiger partial charge is 0.466 e. The highest BCUT2D eigenvalue weighted by Crippen LogP contribution is 2.30. The predicted octanol–water partition coefficient (Wildman–Crippen LogP) is 1.88. The highest BCUT2D eigenvalue weighted by Gasteiger charge is 2.21. The molecule has 4 nitrogen and oxygen atoms in total. The lowest BCUT2D eigenvalue weighted by molar-refractivity contribution is -0.141. The Balaban J connectivity index is 2.08. The molecule has 0 atom stereocenters. The first kappa shape index (κ1) is 14.0. The van der Waals surface area contributed by atoms with E-state index in [1.54, 1.807) is 6.92 Å². The molecule has 0 spiro atoms. The zero-order valence-corrected chi connectivity index (χ0v) is 10.8. The van der Waals surface area contributed by atoms with Crippen LogP contribution in [-0.4, -0.2) is 25.0 Å². The fourth-order valence-corrected chi connectivity index (χ4v) is 2.38. The van der Waals surface area contributed by atoms with E-state index in [4.69, 9.17) is 4.74 Å². The summed E-state index contributed by atoms with van der Waals surface area (Å²) in [5.74, 6) is 1.18. The van der Waals surface area contributed by atoms with Crippen LogP contribution in [0, 0.1) is 11.8 Å². The van der Waals surface area contributed by atoms with Crippen molar-refractivity contribution in [2.75, 3.05) is 13.2 Å². The van der Waals surface area contributed by atoms with Gasteiger partial charge in [-0.3, -0.25) is 9.59 Å². The SMILES string of the molecule is CC(=O)NC[C@H]1CC[C@H](CCOC(C)=O)CC1. The number of carbonyl (C=O) groups is 2. The lowest BCUT2D eigenvalue weighted by Gasteiger charge is -2.28. The molecule has 98 valence electrons. The van der Waals surface area contributed by atoms with Crippen LogP contribution in [0.2, 0.25) is 0 Å². The quantitative estimate of drug-likeness (QED) is 0.748. The minimum Gasteiger partial charge on any atom is -0.466 e. The second kappa shape index (κ2) is 7.30. The van der Waals surface area contributed by atoms with E-state index < -0.39 is 0 Å². The number of rotatable bonds is 5. The molecule has 0 saturated heterocycles. The van der Waals surface area contributed by atoms with E-state index in [2.05, 4.69) is 5.32 Å². The minimum absolute atomic E-state index is 0.0574. The molecule has 1 N–H and O–H groups in total. The van der Waals surface area contributed by atoms with Gasteiger partial charge in [-0.25, -0.2) is 0 Å². The number of amides is 1. The van der Waals surface area contributed by atoms with Gasteiger partial charge in [0.1, 0.15) is 0 Å². The second-order valence-corrected chi connectivity index (χ2v) is 4.95. The molecule has 1 aliphatic carbocycles. The Bertz CT molecular complexity index is 257. The van der Waals surface area contributed by atoms with Crippen LogP contribution in [0.3, 0.4) is 0 Å². The topological polar surface area (TPSA) is 55.4 Å². The molecule has 0 aliphatic heterocycles. The first-order chi connectivity index (χ1) is 8.08. The van der Waals surface area contributed by atoms with Crippen molar-refractivity contribution in [3.8, 4) is 0 Å². The van der Waals surface area contributed by atoms with Crippen LogP contribution < -0.4 is 5.32 Å². The summed E-state index contributed by atoms with van der Waals surface area (Å²) in [5, 5.41) is 2.88. The van der Waals surface area contributed by atoms with Gasteiger partial charge in [0.2, 0.25) is 5.91 Å². The molecular formula is C13H23NO3. The standard InChI is InChI=1S/C13H23NO3/c1-10(15)14-9-13-5-3-12(4-6-13)7-8-17-11(2)16/h12-13H,3-9H2,1-2H3,(H,14,15)/t12-,13-. The van der Waals surface area contributed by atoms with Crippen molar-refractivity contribution in [1.82, 2.24) is 5.32 Å². The normalized spacial score (nSPS) is 24.1. The van der Waals surface area contributed by atoms with Gasteiger partial charge in [0.25, 0.3) is 0 Å². The van der Waals surface area contributed by atoms with E-state index in [0.717, 1.165) is 13.0 Å². The molecule has 0 aromatic rings. The van der Waals surface area contributed by atoms with E-state index >= 15 is 0 Å². The summed E-state index contributed by atoms with van der Waals surface area (Å²) in [6.07, 6.45) is 5.69. The molecule has 1 aliphatic rings. The minimum atomic E-state index is -0.190. The van der Waals surface area contributed by atoms with E-state index in [-0.39, 0.29) is 11.9 Å². The van der Waals surface area contributed by atoms with Gasteiger partial charge in [-0.2, -0.15) is 0 Å². The van der Waals surface area contributed by atoms with Gasteiger partial charge in [-0.15, -0.1) is 0 Å². The third-order valence-corrected chi connectivity index (χ3v) is 3.44. The zero-order valence-electron chi connectivity index (χ0n) is 10.8. The van der Waals surface area contributed by atoms with E-state index in [1.165, 1.54) is 32.6 Å². The van der Waals surface area contributed by atoms with Crippen molar-refractivity contribution in [3.05, 3.63) is 0 Å². The van der Waals surface area contributed by atoms with Crippen LogP contribution in [-0.2, 0) is 14.3 Å². The second-order valence-electron chi connectivity index (χ2n) is 4.95. The highest BCUT2D eigenvalue weighted by atomic mass is 16.5. The van der Waals surface area contributed by atoms with E-state index in [0.29, 0.717) is 18.4 Å². The zero-order chi connectivity index (χ0) is 12.7. The molecule has 1 amide bonds. The maximum atomic E-state index is 10.8. The Morgan fingerprint density at radius 3 is 2.24 bits per heavy atom. The van der Waals surface area contributed by atoms with Crippen molar-refractivity contribution in [2.24, 2.45) is 11.8 Å². The van der Waals surface area contributed by atoms with Crippen LogP contribution in [0.25, 0.3) is 0 Å². The third-order valence-electron chi connectivity index (χ3n) is 3.44. The van der Waals surface area contributed by atoms with Gasteiger partial charge in [-0.1, -0.05) is 0 Å². The molecule has 0 radical (unpaired) electrons. The number of hydrogen-bond donors (Lipinski definition) is 1. The predicted molar refractivity (Wildman–Crippen MR) is 65.4 cm³/mol. The van der Waals surface area contributed by atoms with Crippen molar-refractivity contribution in [1.29, 1.82) is 0 Å². The van der Waals surface area contributed by atoms with Crippen LogP contribution in [0.4, 0.5) is 0 Å². The van der Waals surface area contributed by atoms with Crippen LogP contribution in [0.5, 0.6) is 0 Å². The van der Waals surface area contributed by atoms with Gasteiger partial charge >= 0.3 is 5.97 Å². The summed E-state index contributed by atoms with van der Waals surface area (Å²) >= 11 is 0. The molecular weight excluding hydrogens is 218 g/mol. The molecule has 4 heteroatoms. The van der Waals surface area contributed by atoms with Gasteiger partial charge in [0.15, 0.2) is 0 Å². The summed E-state index contributed by atoms with van der Waals surface area (Å²) in [6, 6.07) is 0. The molecule has 1 rings (SSSR count). The molecule has 0 heterocycles. The Hall–Kier alpha value is -1.06. The Labute approximate surface area is 103 Å². The van der Waals surface area contributed by atoms with Crippen molar-refractivity contribution >= 4 is 11.9 Å². The smallest absolute Gasteiger partial charge is 0.302 e. The maximum absolute atomic E-state index is 10.8. The fourth-order valence-electron chi connectivity index (χ4n) is 2.38. The first-order valence-electron chi connectivity index (χ1n) is 6.45. The van der Waals surface area contributed by atoms with Crippen LogP contribution in [0.15, 0.2) is 0 Å². The highest BCUT2D eigenvalue weighted by molar-refractivity contribution is 5.72. The summed E-state index contributed by atoms with van der Waals surface area (Å²) < 4.78 is 4.95. The van der Waals surface area contributed by atoms with E-state index in [9.17, 15) is 9.59 Å². The number of esters is 1. The molecule has 0 aromatic carbocycles. The van der Waals surface area contributed by atoms with Crippen molar-refractivity contribution < 1.29 is 14.3 Å². The maximum Gasteiger partial charge on any atom is 0.302 e. The molecule has 0 unspecified atom stereocenters.